The number of fused-ring (bicyclic) bond motifs is 1. The first-order valence-corrected chi connectivity index (χ1v) is 8.54. The predicted octanol–water partition coefficient (Wildman–Crippen LogP) is 5.04. The Hall–Kier alpha value is -1.28. The van der Waals surface area contributed by atoms with E-state index in [-0.39, 0.29) is 6.61 Å². The van der Waals surface area contributed by atoms with Crippen LogP contribution in [-0.4, -0.2) is 16.8 Å². The SMILES string of the molecule is C/C(=C\CC[C@H](C)[C@@H]1CC[C@@H](C)c2c(O)cc(C)cc21)CO. The molecule has 3 atom stereocenters. The molecule has 0 amide bonds. The number of benzene rings is 1. The number of aromatic hydroxyl groups is 1. The van der Waals surface area contributed by atoms with Crippen molar-refractivity contribution in [3.63, 3.8) is 0 Å². The van der Waals surface area contributed by atoms with E-state index in [0.29, 0.717) is 23.5 Å². The lowest BCUT2D eigenvalue weighted by atomic mass is 9.71. The molecular formula is C20H30O2. The highest BCUT2D eigenvalue weighted by atomic mass is 16.3. The average molecular weight is 302 g/mol. The van der Waals surface area contributed by atoms with Crippen molar-refractivity contribution in [2.45, 2.75) is 65.2 Å². The summed E-state index contributed by atoms with van der Waals surface area (Å²) in [5.74, 6) is 2.07. The summed E-state index contributed by atoms with van der Waals surface area (Å²) in [5, 5.41) is 19.4. The van der Waals surface area contributed by atoms with E-state index in [1.165, 1.54) is 17.5 Å². The molecule has 2 rings (SSSR count). The van der Waals surface area contributed by atoms with Gasteiger partial charge in [-0.3, -0.25) is 0 Å². The minimum Gasteiger partial charge on any atom is -0.508 e. The Morgan fingerprint density at radius 3 is 2.77 bits per heavy atom. The predicted molar refractivity (Wildman–Crippen MR) is 92.5 cm³/mol. The molecule has 0 aliphatic heterocycles. The maximum Gasteiger partial charge on any atom is 0.119 e. The van der Waals surface area contributed by atoms with Gasteiger partial charge in [0.1, 0.15) is 5.75 Å². The summed E-state index contributed by atoms with van der Waals surface area (Å²) >= 11 is 0. The van der Waals surface area contributed by atoms with Crippen LogP contribution in [0.3, 0.4) is 0 Å². The van der Waals surface area contributed by atoms with E-state index in [0.717, 1.165) is 30.4 Å². The van der Waals surface area contributed by atoms with Crippen LogP contribution in [0.4, 0.5) is 0 Å². The lowest BCUT2D eigenvalue weighted by molar-refractivity contribution is 0.329. The fourth-order valence-electron chi connectivity index (χ4n) is 3.83. The molecule has 22 heavy (non-hydrogen) atoms. The Labute approximate surface area is 134 Å². The molecule has 1 aliphatic carbocycles. The molecule has 0 radical (unpaired) electrons. The molecule has 0 aromatic heterocycles. The standard InChI is InChI=1S/C20H30O2/c1-13(12-21)6-5-7-15(3)17-9-8-16(4)20-18(17)10-14(2)11-19(20)22/h6,10-11,15-17,21-22H,5,7-9,12H2,1-4H3/b13-6+/t15-,16+,17-/m0/s1. The third kappa shape index (κ3) is 3.73. The molecule has 0 saturated carbocycles. The van der Waals surface area contributed by atoms with Gasteiger partial charge < -0.3 is 10.2 Å². The van der Waals surface area contributed by atoms with Crippen LogP contribution in [0.15, 0.2) is 23.8 Å². The molecule has 2 heteroatoms. The van der Waals surface area contributed by atoms with E-state index in [9.17, 15) is 5.11 Å². The van der Waals surface area contributed by atoms with Crippen molar-refractivity contribution in [2.75, 3.05) is 6.61 Å². The normalized spacial score (nSPS) is 23.2. The van der Waals surface area contributed by atoms with Gasteiger partial charge in [0.05, 0.1) is 6.61 Å². The van der Waals surface area contributed by atoms with Gasteiger partial charge >= 0.3 is 0 Å². The number of phenolic OH excluding ortho intramolecular Hbond substituents is 1. The van der Waals surface area contributed by atoms with Crippen molar-refractivity contribution >= 4 is 0 Å². The fraction of sp³-hybridized carbons (Fsp3) is 0.600. The second-order valence-electron chi connectivity index (χ2n) is 7.14. The summed E-state index contributed by atoms with van der Waals surface area (Å²) in [7, 11) is 0. The molecule has 0 unspecified atom stereocenters. The number of aliphatic hydroxyl groups excluding tert-OH is 1. The smallest absolute Gasteiger partial charge is 0.119 e. The molecule has 2 nitrogen and oxygen atoms in total. The Morgan fingerprint density at radius 1 is 1.36 bits per heavy atom. The van der Waals surface area contributed by atoms with Gasteiger partial charge in [-0.05, 0) is 74.5 Å². The van der Waals surface area contributed by atoms with Gasteiger partial charge in [0, 0.05) is 5.56 Å². The number of allylic oxidation sites excluding steroid dienone is 1. The molecule has 1 aliphatic rings. The molecule has 0 fully saturated rings. The molecule has 122 valence electrons. The summed E-state index contributed by atoms with van der Waals surface area (Å²) in [6.45, 7) is 8.75. The number of phenols is 1. The highest BCUT2D eigenvalue weighted by molar-refractivity contribution is 5.48. The van der Waals surface area contributed by atoms with Gasteiger partial charge in [-0.2, -0.15) is 0 Å². The van der Waals surface area contributed by atoms with Gasteiger partial charge in [-0.1, -0.05) is 31.6 Å². The maximum absolute atomic E-state index is 10.4. The second kappa shape index (κ2) is 7.32. The van der Waals surface area contributed by atoms with Gasteiger partial charge in [-0.25, -0.2) is 0 Å². The van der Waals surface area contributed by atoms with E-state index >= 15 is 0 Å². The van der Waals surface area contributed by atoms with Crippen LogP contribution >= 0.6 is 0 Å². The zero-order valence-electron chi connectivity index (χ0n) is 14.4. The van der Waals surface area contributed by atoms with Gasteiger partial charge in [0.15, 0.2) is 0 Å². The lowest BCUT2D eigenvalue weighted by Crippen LogP contribution is -2.19. The summed E-state index contributed by atoms with van der Waals surface area (Å²) in [6.07, 6.45) is 6.67. The summed E-state index contributed by atoms with van der Waals surface area (Å²) < 4.78 is 0. The van der Waals surface area contributed by atoms with E-state index in [2.05, 4.69) is 32.9 Å². The average Bonchev–Trinajstić information content (AvgIpc) is 2.46. The molecule has 0 spiro atoms. The number of aliphatic hydroxyl groups is 1. The van der Waals surface area contributed by atoms with E-state index in [1.54, 1.807) is 0 Å². The van der Waals surface area contributed by atoms with Crippen LogP contribution in [0.2, 0.25) is 0 Å². The van der Waals surface area contributed by atoms with E-state index in [4.69, 9.17) is 5.11 Å². The third-order valence-electron chi connectivity index (χ3n) is 5.19. The largest absolute Gasteiger partial charge is 0.508 e. The molecular weight excluding hydrogens is 272 g/mol. The van der Waals surface area contributed by atoms with Crippen molar-refractivity contribution in [3.8, 4) is 5.75 Å². The minimum atomic E-state index is 0.158. The van der Waals surface area contributed by atoms with Crippen molar-refractivity contribution in [2.24, 2.45) is 5.92 Å². The number of aryl methyl sites for hydroxylation is 1. The molecule has 2 N–H and O–H groups in total. The highest BCUT2D eigenvalue weighted by Gasteiger charge is 2.30. The molecule has 1 aromatic rings. The summed E-state index contributed by atoms with van der Waals surface area (Å²) in [6, 6.07) is 4.18. The van der Waals surface area contributed by atoms with Crippen molar-refractivity contribution < 1.29 is 10.2 Å². The monoisotopic (exact) mass is 302 g/mol. The molecule has 1 aromatic carbocycles. The van der Waals surface area contributed by atoms with Crippen LogP contribution in [-0.2, 0) is 0 Å². The molecule has 0 bridgehead atoms. The van der Waals surface area contributed by atoms with Gasteiger partial charge in [-0.15, -0.1) is 0 Å². The Kier molecular flexibility index (Phi) is 5.69. The molecule has 0 saturated heterocycles. The highest BCUT2D eigenvalue weighted by Crippen LogP contribution is 2.47. The van der Waals surface area contributed by atoms with Crippen molar-refractivity contribution in [1.29, 1.82) is 0 Å². The van der Waals surface area contributed by atoms with Crippen LogP contribution in [0.5, 0.6) is 5.75 Å². The Balaban J connectivity index is 2.18. The first kappa shape index (κ1) is 17.1. The number of rotatable bonds is 5. The van der Waals surface area contributed by atoms with Crippen LogP contribution in [0.25, 0.3) is 0 Å². The minimum absolute atomic E-state index is 0.158. The molecule has 0 heterocycles. The summed E-state index contributed by atoms with van der Waals surface area (Å²) in [5.41, 5.74) is 4.75. The quantitative estimate of drug-likeness (QED) is 0.748. The van der Waals surface area contributed by atoms with Crippen LogP contribution in [0, 0.1) is 12.8 Å². The first-order valence-electron chi connectivity index (χ1n) is 8.54. The lowest BCUT2D eigenvalue weighted by Gasteiger charge is -2.34. The summed E-state index contributed by atoms with van der Waals surface area (Å²) in [4.78, 5) is 0. The van der Waals surface area contributed by atoms with E-state index in [1.807, 2.05) is 13.0 Å². The Morgan fingerprint density at radius 2 is 2.09 bits per heavy atom. The van der Waals surface area contributed by atoms with Crippen LogP contribution in [0.1, 0.15) is 75.0 Å². The maximum atomic E-state index is 10.4. The fourth-order valence-corrected chi connectivity index (χ4v) is 3.83. The second-order valence-corrected chi connectivity index (χ2v) is 7.14. The topological polar surface area (TPSA) is 40.5 Å². The van der Waals surface area contributed by atoms with Crippen molar-refractivity contribution in [3.05, 3.63) is 40.5 Å². The number of hydrogen-bond donors (Lipinski definition) is 2. The number of hydrogen-bond acceptors (Lipinski definition) is 2. The first-order chi connectivity index (χ1) is 10.4. The van der Waals surface area contributed by atoms with Gasteiger partial charge in [0.25, 0.3) is 0 Å². The third-order valence-corrected chi connectivity index (χ3v) is 5.19. The zero-order chi connectivity index (χ0) is 16.3. The van der Waals surface area contributed by atoms with Crippen LogP contribution < -0.4 is 0 Å². The van der Waals surface area contributed by atoms with Gasteiger partial charge in [0.2, 0.25) is 0 Å². The zero-order valence-corrected chi connectivity index (χ0v) is 14.4. The Bertz CT molecular complexity index is 545. The van der Waals surface area contributed by atoms with Crippen molar-refractivity contribution in [1.82, 2.24) is 0 Å². The van der Waals surface area contributed by atoms with E-state index < -0.39 is 0 Å².